The van der Waals surface area contributed by atoms with Crippen molar-refractivity contribution in [1.82, 2.24) is 14.0 Å². The van der Waals surface area contributed by atoms with E-state index in [-0.39, 0.29) is 23.4 Å². The predicted molar refractivity (Wildman–Crippen MR) is 123 cm³/mol. The van der Waals surface area contributed by atoms with Gasteiger partial charge in [0.25, 0.3) is 11.1 Å². The molecule has 0 aliphatic heterocycles. The largest absolute Gasteiger partial charge is 0.294 e. The van der Waals surface area contributed by atoms with Gasteiger partial charge in [-0.25, -0.2) is 4.98 Å². The average molecular weight is 458 g/mol. The molecule has 4 heterocycles. The van der Waals surface area contributed by atoms with E-state index < -0.39 is 5.41 Å². The minimum Gasteiger partial charge on any atom is -0.294 e. The van der Waals surface area contributed by atoms with E-state index in [1.807, 2.05) is 44.4 Å². The fraction of sp³-hybridized carbons (Fsp3) is 0.238. The average Bonchev–Trinajstić information content (AvgIpc) is 3.39. The van der Waals surface area contributed by atoms with Crippen molar-refractivity contribution >= 4 is 56.9 Å². The summed E-state index contributed by atoms with van der Waals surface area (Å²) in [7, 11) is 0. The first kappa shape index (κ1) is 20.6. The Morgan fingerprint density at radius 1 is 1.20 bits per heavy atom. The molecule has 0 atom stereocenters. The Balaban J connectivity index is 1.89. The topological polar surface area (TPSA) is 73.4 Å². The van der Waals surface area contributed by atoms with Crippen LogP contribution in [0.4, 0.5) is 0 Å². The van der Waals surface area contributed by atoms with Crippen LogP contribution in [0.2, 0.25) is 0 Å². The second kappa shape index (κ2) is 7.90. The van der Waals surface area contributed by atoms with Crippen LogP contribution in [0.15, 0.2) is 44.7 Å². The van der Waals surface area contributed by atoms with Crippen molar-refractivity contribution in [1.29, 1.82) is 0 Å². The Kier molecular flexibility index (Phi) is 5.44. The van der Waals surface area contributed by atoms with E-state index in [0.717, 1.165) is 4.88 Å². The molecule has 0 unspecified atom stereocenters. The Morgan fingerprint density at radius 3 is 2.70 bits per heavy atom. The molecule has 0 fully saturated rings. The normalized spacial score (nSPS) is 13.4. The van der Waals surface area contributed by atoms with Gasteiger partial charge in [0.1, 0.15) is 4.66 Å². The van der Waals surface area contributed by atoms with Gasteiger partial charge in [0, 0.05) is 34.0 Å². The van der Waals surface area contributed by atoms with E-state index in [9.17, 15) is 14.4 Å². The summed E-state index contributed by atoms with van der Waals surface area (Å²) < 4.78 is 4.09. The molecule has 154 valence electrons. The van der Waals surface area contributed by atoms with Gasteiger partial charge in [-0.1, -0.05) is 26.8 Å². The maximum Gasteiger partial charge on any atom is 0.269 e. The van der Waals surface area contributed by atoms with Crippen LogP contribution in [0, 0.1) is 5.41 Å². The van der Waals surface area contributed by atoms with Crippen LogP contribution in [0.5, 0.6) is 0 Å². The number of ketones is 1. The number of nitrogens with zero attached hydrogens (tertiary/aromatic N) is 3. The summed E-state index contributed by atoms with van der Waals surface area (Å²) in [6, 6.07) is 5.29. The fourth-order valence-electron chi connectivity index (χ4n) is 2.75. The zero-order chi connectivity index (χ0) is 21.5. The number of Topliss-reactive ketones (excluding diaryl/α,β-unsaturated/α-hetero) is 1. The first-order valence-electron chi connectivity index (χ1n) is 9.19. The SMILES string of the molecule is CC(C)(C)C(=O)/C=c1\s/c(=C/c2cccs2)c(=O)n1Cc1cc(=O)n2ccsc2n1. The maximum atomic E-state index is 13.2. The van der Waals surface area contributed by atoms with Crippen LogP contribution >= 0.6 is 34.0 Å². The van der Waals surface area contributed by atoms with Gasteiger partial charge < -0.3 is 0 Å². The molecular weight excluding hydrogens is 438 g/mol. The van der Waals surface area contributed by atoms with Crippen molar-refractivity contribution in [3.63, 3.8) is 0 Å². The van der Waals surface area contributed by atoms with Gasteiger partial charge in [0.2, 0.25) is 0 Å². The molecule has 6 nitrogen and oxygen atoms in total. The first-order chi connectivity index (χ1) is 14.2. The van der Waals surface area contributed by atoms with Crippen LogP contribution in [0.1, 0.15) is 31.3 Å². The zero-order valence-corrected chi connectivity index (χ0v) is 19.1. The molecule has 0 bridgehead atoms. The van der Waals surface area contributed by atoms with Gasteiger partial charge >= 0.3 is 0 Å². The Hall–Kier alpha value is -2.62. The molecule has 4 aromatic rings. The van der Waals surface area contributed by atoms with Gasteiger partial charge in [-0.2, -0.15) is 0 Å². The predicted octanol–water partition coefficient (Wildman–Crippen LogP) is 2.31. The maximum absolute atomic E-state index is 13.2. The van der Waals surface area contributed by atoms with Crippen LogP contribution in [-0.2, 0) is 11.3 Å². The highest BCUT2D eigenvalue weighted by molar-refractivity contribution is 7.15. The van der Waals surface area contributed by atoms with Crippen molar-refractivity contribution in [2.24, 2.45) is 5.41 Å². The Morgan fingerprint density at radius 2 is 2.00 bits per heavy atom. The lowest BCUT2D eigenvalue weighted by molar-refractivity contribution is -0.120. The molecule has 0 radical (unpaired) electrons. The summed E-state index contributed by atoms with van der Waals surface area (Å²) >= 11 is 4.17. The third-order valence-corrected chi connectivity index (χ3v) is 7.06. The Bertz CT molecular complexity index is 1460. The fourth-order valence-corrected chi connectivity index (χ4v) is 5.26. The van der Waals surface area contributed by atoms with Gasteiger partial charge in [-0.3, -0.25) is 23.4 Å². The monoisotopic (exact) mass is 457 g/mol. The Labute approximate surface area is 183 Å². The lowest BCUT2D eigenvalue weighted by Gasteiger charge is -2.12. The molecule has 0 spiro atoms. The van der Waals surface area contributed by atoms with E-state index in [1.54, 1.807) is 11.6 Å². The number of aromatic nitrogens is 3. The molecule has 0 saturated carbocycles. The van der Waals surface area contributed by atoms with E-state index in [4.69, 9.17) is 0 Å². The first-order valence-corrected chi connectivity index (χ1v) is 11.8. The number of hydrogen-bond acceptors (Lipinski definition) is 7. The van der Waals surface area contributed by atoms with Crippen LogP contribution < -0.4 is 20.3 Å². The summed E-state index contributed by atoms with van der Waals surface area (Å²) in [6.45, 7) is 5.65. The number of carbonyl (C=O) groups is 1. The molecular formula is C21H19N3O3S3. The molecule has 4 aromatic heterocycles. The van der Waals surface area contributed by atoms with Gasteiger partial charge in [-0.05, 0) is 17.5 Å². The molecule has 0 amide bonds. The molecule has 9 heteroatoms. The van der Waals surface area contributed by atoms with Crippen LogP contribution in [0.3, 0.4) is 0 Å². The molecule has 30 heavy (non-hydrogen) atoms. The number of carbonyl (C=O) groups excluding carboxylic acids is 1. The van der Waals surface area contributed by atoms with Gasteiger partial charge in [0.05, 0.1) is 16.8 Å². The van der Waals surface area contributed by atoms with Crippen molar-refractivity contribution in [3.05, 3.63) is 75.6 Å². The number of fused-ring (bicyclic) bond motifs is 1. The summed E-state index contributed by atoms with van der Waals surface area (Å²) in [4.78, 5) is 44.2. The number of rotatable bonds is 4. The van der Waals surface area contributed by atoms with E-state index in [1.165, 1.54) is 55.1 Å². The highest BCUT2D eigenvalue weighted by Gasteiger charge is 2.20. The van der Waals surface area contributed by atoms with E-state index in [2.05, 4.69) is 4.98 Å². The van der Waals surface area contributed by atoms with Gasteiger partial charge in [-0.15, -0.1) is 34.0 Å². The zero-order valence-electron chi connectivity index (χ0n) is 16.6. The lowest BCUT2D eigenvalue weighted by atomic mass is 9.91. The molecule has 0 saturated heterocycles. The van der Waals surface area contributed by atoms with E-state index >= 15 is 0 Å². The standard InChI is InChI=1S/C21H19N3O3S3/c1-21(2,3)16(25)11-18-24(19(27)15(30-18)10-14-5-4-7-28-14)12-13-9-17(26)23-6-8-29-20(23)22-13/h4-11H,12H2,1-3H3/b15-10+,18-11-. The molecule has 4 rings (SSSR count). The molecule has 0 aromatic carbocycles. The summed E-state index contributed by atoms with van der Waals surface area (Å²) in [5.41, 5.74) is -0.464. The van der Waals surface area contributed by atoms with Crippen molar-refractivity contribution in [2.45, 2.75) is 27.3 Å². The smallest absolute Gasteiger partial charge is 0.269 e. The van der Waals surface area contributed by atoms with Crippen molar-refractivity contribution in [3.8, 4) is 0 Å². The minimum atomic E-state index is -0.560. The molecule has 0 aliphatic carbocycles. The summed E-state index contributed by atoms with van der Waals surface area (Å²) in [6.07, 6.45) is 5.03. The molecule has 0 N–H and O–H groups in total. The van der Waals surface area contributed by atoms with E-state index in [0.29, 0.717) is 19.8 Å². The number of thiazole rings is 2. The molecule has 0 aliphatic rings. The van der Waals surface area contributed by atoms with Crippen LogP contribution in [-0.4, -0.2) is 19.7 Å². The highest BCUT2D eigenvalue weighted by Crippen LogP contribution is 2.15. The second-order valence-electron chi connectivity index (χ2n) is 7.76. The van der Waals surface area contributed by atoms with Crippen molar-refractivity contribution < 1.29 is 4.79 Å². The second-order valence-corrected chi connectivity index (χ2v) is 10.7. The summed E-state index contributed by atoms with van der Waals surface area (Å²) in [5, 5.41) is 3.74. The van der Waals surface area contributed by atoms with Gasteiger partial charge in [0.15, 0.2) is 10.7 Å². The van der Waals surface area contributed by atoms with Crippen LogP contribution in [0.25, 0.3) is 17.1 Å². The minimum absolute atomic E-state index is 0.0677. The third-order valence-electron chi connectivity index (χ3n) is 4.42. The quantitative estimate of drug-likeness (QED) is 0.471. The number of thiophene rings is 1. The van der Waals surface area contributed by atoms with Crippen molar-refractivity contribution in [2.75, 3.05) is 0 Å². The highest BCUT2D eigenvalue weighted by atomic mass is 32.1. The number of hydrogen-bond donors (Lipinski definition) is 0. The third kappa shape index (κ3) is 4.14. The summed E-state index contributed by atoms with van der Waals surface area (Å²) in [5.74, 6) is -0.0677. The lowest BCUT2D eigenvalue weighted by Crippen LogP contribution is -2.33.